The van der Waals surface area contributed by atoms with Crippen LogP contribution >= 0.6 is 11.8 Å². The van der Waals surface area contributed by atoms with Gasteiger partial charge in [-0.3, -0.25) is 19.4 Å². The molecule has 3 amide bonds. The van der Waals surface area contributed by atoms with Crippen molar-refractivity contribution in [2.24, 2.45) is 22.7 Å². The molecule has 0 spiro atoms. The molecule has 7 atom stereocenters. The van der Waals surface area contributed by atoms with Crippen LogP contribution in [0.15, 0.2) is 15.7 Å². The second-order valence-electron chi connectivity index (χ2n) is 10.9. The standard InChI is InChI=1S/C24H38N10O5S/c1-12-19-18(13(2)29-17(35)10-33-11-28-30-31-33)23(37)34(19)20(24(38)39)21(12)40-15-7-16(27-8-15)22(36)32-6-3-14(9-32)26-5-4-25/h11-16,18-19,26-27,30-31H,3-10,25H2,1-2H3,(H,29,35)(H,38,39)/t12-,13-,14-,15?,16?,18-,19-/m1/s1. The van der Waals surface area contributed by atoms with Crippen LogP contribution in [0.1, 0.15) is 26.7 Å². The molecule has 3 fully saturated rings. The number of carbonyl (C=O) groups excluding carboxylic acids is 3. The normalized spacial score (nSPS) is 31.9. The Balaban J connectivity index is 1.18. The van der Waals surface area contributed by atoms with E-state index in [9.17, 15) is 24.3 Å². The molecule has 8 N–H and O–H groups in total. The molecule has 0 aliphatic carbocycles. The van der Waals surface area contributed by atoms with Crippen LogP contribution < -0.4 is 32.8 Å². The summed E-state index contributed by atoms with van der Waals surface area (Å²) in [7, 11) is 0. The fourth-order valence-corrected chi connectivity index (χ4v) is 7.82. The molecular weight excluding hydrogens is 540 g/mol. The molecule has 220 valence electrons. The average molecular weight is 579 g/mol. The van der Waals surface area contributed by atoms with Crippen molar-refractivity contribution < 1.29 is 24.3 Å². The number of rotatable bonds is 11. The Bertz CT molecular complexity index is 1100. The third-order valence-corrected chi connectivity index (χ3v) is 9.76. The van der Waals surface area contributed by atoms with Crippen molar-refractivity contribution in [1.29, 1.82) is 0 Å². The third kappa shape index (κ3) is 5.50. The summed E-state index contributed by atoms with van der Waals surface area (Å²) < 4.78 is 0. The quantitative estimate of drug-likeness (QED) is 0.124. The first-order chi connectivity index (χ1) is 19.2. The van der Waals surface area contributed by atoms with Crippen LogP contribution in [-0.4, -0.2) is 119 Å². The first kappa shape index (κ1) is 28.6. The first-order valence-electron chi connectivity index (χ1n) is 13.7. The molecule has 3 saturated heterocycles. The lowest BCUT2D eigenvalue weighted by molar-refractivity contribution is -0.158. The number of hydrazine groups is 2. The van der Waals surface area contributed by atoms with Crippen LogP contribution in [0.25, 0.3) is 0 Å². The van der Waals surface area contributed by atoms with E-state index in [-0.39, 0.29) is 59.3 Å². The SMILES string of the molecule is C[C@@H](NC(=O)CN1C=NNN1)[C@H]1C(=O)N2C(C(=O)O)=C(SC3CNC(C(=O)N4CC[C@@H](NCCN)C4)C3)[C@H](C)[C@H]12. The molecule has 0 aromatic carbocycles. The molecule has 0 radical (unpaired) electrons. The van der Waals surface area contributed by atoms with Gasteiger partial charge in [-0.15, -0.1) is 17.3 Å². The zero-order valence-corrected chi connectivity index (χ0v) is 23.4. The number of nitrogens with zero attached hydrogens (tertiary/aromatic N) is 4. The monoisotopic (exact) mass is 578 g/mol. The number of nitrogens with one attached hydrogen (secondary N) is 5. The summed E-state index contributed by atoms with van der Waals surface area (Å²) in [6, 6.07) is -0.886. The fraction of sp³-hybridized carbons (Fsp3) is 0.708. The van der Waals surface area contributed by atoms with Gasteiger partial charge in [-0.25, -0.2) is 10.3 Å². The van der Waals surface area contributed by atoms with Gasteiger partial charge in [0, 0.05) is 60.9 Å². The lowest BCUT2D eigenvalue weighted by atomic mass is 9.78. The molecule has 40 heavy (non-hydrogen) atoms. The zero-order valence-electron chi connectivity index (χ0n) is 22.6. The molecule has 2 unspecified atom stereocenters. The van der Waals surface area contributed by atoms with E-state index in [0.29, 0.717) is 37.5 Å². The Morgan fingerprint density at radius 2 is 2.15 bits per heavy atom. The van der Waals surface area contributed by atoms with Gasteiger partial charge in [0.25, 0.3) is 0 Å². The van der Waals surface area contributed by atoms with Gasteiger partial charge in [0.1, 0.15) is 18.6 Å². The summed E-state index contributed by atoms with van der Waals surface area (Å²) in [5.74, 6) is -2.40. The first-order valence-corrected chi connectivity index (χ1v) is 14.6. The minimum Gasteiger partial charge on any atom is -0.477 e. The van der Waals surface area contributed by atoms with Gasteiger partial charge in [-0.2, -0.15) is 5.10 Å². The maximum absolute atomic E-state index is 13.2. The highest BCUT2D eigenvalue weighted by Crippen LogP contribution is 2.51. The van der Waals surface area contributed by atoms with Gasteiger partial charge in [0.2, 0.25) is 17.7 Å². The van der Waals surface area contributed by atoms with E-state index in [1.807, 2.05) is 11.8 Å². The number of hydrazone groups is 1. The second-order valence-corrected chi connectivity index (χ2v) is 12.3. The Hall–Kier alpha value is -2.92. The van der Waals surface area contributed by atoms with Crippen molar-refractivity contribution in [3.63, 3.8) is 0 Å². The molecule has 0 saturated carbocycles. The maximum atomic E-state index is 13.2. The molecular formula is C24H38N10O5S. The molecule has 15 nitrogen and oxygen atoms in total. The predicted octanol–water partition coefficient (Wildman–Crippen LogP) is -2.85. The number of β-lactam (4-membered cyclic amide) rings is 1. The van der Waals surface area contributed by atoms with E-state index in [2.05, 4.69) is 32.1 Å². The van der Waals surface area contributed by atoms with E-state index in [1.54, 1.807) is 6.92 Å². The number of carboxylic acids is 1. The molecule has 16 heteroatoms. The number of hydrogen-bond acceptors (Lipinski definition) is 12. The summed E-state index contributed by atoms with van der Waals surface area (Å²) in [4.78, 5) is 55.0. The average Bonchev–Trinajstić information content (AvgIpc) is 3.71. The second kappa shape index (κ2) is 11.9. The molecule has 5 heterocycles. The van der Waals surface area contributed by atoms with Crippen LogP contribution in [0.3, 0.4) is 0 Å². The lowest BCUT2D eigenvalue weighted by Crippen LogP contribution is -2.66. The Morgan fingerprint density at radius 1 is 1.35 bits per heavy atom. The smallest absolute Gasteiger partial charge is 0.353 e. The highest BCUT2D eigenvalue weighted by Gasteiger charge is 2.60. The lowest BCUT2D eigenvalue weighted by Gasteiger charge is -2.47. The Kier molecular flexibility index (Phi) is 8.51. The van der Waals surface area contributed by atoms with Crippen LogP contribution in [-0.2, 0) is 19.2 Å². The van der Waals surface area contributed by atoms with Crippen molar-refractivity contribution in [1.82, 2.24) is 41.8 Å². The van der Waals surface area contributed by atoms with Crippen molar-refractivity contribution in [2.45, 2.75) is 56.1 Å². The van der Waals surface area contributed by atoms with Gasteiger partial charge in [-0.05, 0) is 19.8 Å². The number of nitrogens with two attached hydrogens (primary N) is 1. The summed E-state index contributed by atoms with van der Waals surface area (Å²) >= 11 is 1.45. The van der Waals surface area contributed by atoms with Crippen LogP contribution in [0.2, 0.25) is 0 Å². The van der Waals surface area contributed by atoms with Gasteiger partial charge in [0.05, 0.1) is 18.0 Å². The van der Waals surface area contributed by atoms with E-state index >= 15 is 0 Å². The van der Waals surface area contributed by atoms with Crippen LogP contribution in [0, 0.1) is 11.8 Å². The zero-order chi connectivity index (χ0) is 28.6. The number of hydrogen-bond donors (Lipinski definition) is 7. The highest BCUT2D eigenvalue weighted by atomic mass is 32.2. The number of thioether (sulfide) groups is 1. The van der Waals surface area contributed by atoms with Crippen molar-refractivity contribution in [3.05, 3.63) is 10.6 Å². The Labute approximate surface area is 236 Å². The van der Waals surface area contributed by atoms with Crippen molar-refractivity contribution >= 4 is 41.8 Å². The minimum absolute atomic E-state index is 0.00197. The maximum Gasteiger partial charge on any atom is 0.353 e. The van der Waals surface area contributed by atoms with Crippen LogP contribution in [0.5, 0.6) is 0 Å². The minimum atomic E-state index is -1.14. The molecule has 5 aliphatic heterocycles. The Morgan fingerprint density at radius 3 is 2.85 bits per heavy atom. The molecule has 5 rings (SSSR count). The van der Waals surface area contributed by atoms with E-state index in [0.717, 1.165) is 13.0 Å². The van der Waals surface area contributed by atoms with Gasteiger partial charge in [-0.1, -0.05) is 6.92 Å². The number of likely N-dealkylation sites (tertiary alicyclic amines) is 1. The summed E-state index contributed by atoms with van der Waals surface area (Å²) in [5.41, 5.74) is 10.8. The summed E-state index contributed by atoms with van der Waals surface area (Å²) in [5, 5.41) is 24.8. The summed E-state index contributed by atoms with van der Waals surface area (Å²) in [6.07, 6.45) is 2.92. The highest BCUT2D eigenvalue weighted by molar-refractivity contribution is 8.03. The number of carboxylic acid groups (broad SMARTS) is 1. The predicted molar refractivity (Wildman–Crippen MR) is 147 cm³/mol. The van der Waals surface area contributed by atoms with E-state index < -0.39 is 17.9 Å². The summed E-state index contributed by atoms with van der Waals surface area (Å²) in [6.45, 7) is 6.93. The third-order valence-electron chi connectivity index (χ3n) is 8.25. The van der Waals surface area contributed by atoms with Gasteiger partial charge in [0.15, 0.2) is 0 Å². The van der Waals surface area contributed by atoms with Gasteiger partial charge < -0.3 is 36.6 Å². The molecule has 0 aromatic heterocycles. The number of carbonyl (C=O) groups is 4. The largest absolute Gasteiger partial charge is 0.477 e. The number of fused-ring (bicyclic) bond motifs is 1. The molecule has 0 bridgehead atoms. The van der Waals surface area contributed by atoms with E-state index in [4.69, 9.17) is 5.73 Å². The van der Waals surface area contributed by atoms with Gasteiger partial charge >= 0.3 is 5.97 Å². The number of amides is 3. The van der Waals surface area contributed by atoms with Crippen LogP contribution in [0.4, 0.5) is 0 Å². The molecule has 0 aromatic rings. The topological polar surface area (TPSA) is 197 Å². The number of aliphatic carboxylic acids is 1. The van der Waals surface area contributed by atoms with Crippen molar-refractivity contribution in [3.8, 4) is 0 Å². The molecule has 5 aliphatic rings. The van der Waals surface area contributed by atoms with E-state index in [1.165, 1.54) is 28.0 Å². The van der Waals surface area contributed by atoms with Crippen molar-refractivity contribution in [2.75, 3.05) is 39.3 Å². The fourth-order valence-electron chi connectivity index (χ4n) is 6.34.